The molecule has 2 rings (SSSR count). The van der Waals surface area contributed by atoms with Gasteiger partial charge in [0.15, 0.2) is 0 Å². The number of nitrogens with zero attached hydrogens (tertiary/aromatic N) is 2. The van der Waals surface area contributed by atoms with Gasteiger partial charge >= 0.3 is 0 Å². The van der Waals surface area contributed by atoms with Gasteiger partial charge in [-0.05, 0) is 67.4 Å². The lowest BCUT2D eigenvalue weighted by Crippen LogP contribution is -2.43. The standard InChI is InChI=1S/C17H25ClIN3O/c18-15-5-3-14(4-6-15)17(21-23)13-22-11-7-16(8-12-22)20-10-2-1-9-19/h3-6,16-17,20H,1-2,7-13H2. The van der Waals surface area contributed by atoms with Crippen molar-refractivity contribution < 1.29 is 0 Å². The minimum absolute atomic E-state index is 0.305. The summed E-state index contributed by atoms with van der Waals surface area (Å²) >= 11 is 8.33. The first kappa shape index (κ1) is 19.1. The normalized spacial score (nSPS) is 18.0. The van der Waals surface area contributed by atoms with Crippen LogP contribution < -0.4 is 5.32 Å². The average Bonchev–Trinajstić information content (AvgIpc) is 2.59. The Bertz CT molecular complexity index is 463. The third-order valence-corrected chi connectivity index (χ3v) is 5.41. The Morgan fingerprint density at radius 1 is 1.26 bits per heavy atom. The molecule has 0 saturated carbocycles. The number of piperidine rings is 1. The van der Waals surface area contributed by atoms with Gasteiger partial charge in [-0.25, -0.2) is 0 Å². The van der Waals surface area contributed by atoms with Gasteiger partial charge < -0.3 is 10.2 Å². The van der Waals surface area contributed by atoms with E-state index in [9.17, 15) is 4.91 Å². The van der Waals surface area contributed by atoms with Gasteiger partial charge in [0.1, 0.15) is 6.04 Å². The zero-order valence-electron chi connectivity index (χ0n) is 13.4. The highest BCUT2D eigenvalue weighted by Gasteiger charge is 2.22. The number of rotatable bonds is 9. The molecule has 1 aliphatic rings. The number of unbranched alkanes of at least 4 members (excludes halogenated alkanes) is 1. The van der Waals surface area contributed by atoms with Crippen LogP contribution in [0.15, 0.2) is 29.4 Å². The van der Waals surface area contributed by atoms with Crippen LogP contribution in [0.2, 0.25) is 5.02 Å². The fourth-order valence-corrected chi connectivity index (χ4v) is 3.64. The third-order valence-electron chi connectivity index (χ3n) is 4.39. The molecule has 6 heteroatoms. The molecule has 0 radical (unpaired) electrons. The van der Waals surface area contributed by atoms with Crippen molar-refractivity contribution in [3.05, 3.63) is 39.8 Å². The molecular weight excluding hydrogens is 425 g/mol. The van der Waals surface area contributed by atoms with Crippen LogP contribution in [-0.2, 0) is 0 Å². The largest absolute Gasteiger partial charge is 0.314 e. The first-order valence-electron chi connectivity index (χ1n) is 8.32. The molecule has 1 saturated heterocycles. The van der Waals surface area contributed by atoms with Crippen LogP contribution in [-0.4, -0.2) is 41.5 Å². The first-order valence-corrected chi connectivity index (χ1v) is 10.2. The van der Waals surface area contributed by atoms with Crippen LogP contribution in [0.1, 0.15) is 37.3 Å². The van der Waals surface area contributed by atoms with E-state index < -0.39 is 0 Å². The summed E-state index contributed by atoms with van der Waals surface area (Å²) in [6, 6.07) is 7.76. The molecule has 0 aliphatic carbocycles. The lowest BCUT2D eigenvalue weighted by molar-refractivity contribution is 0.188. The summed E-state index contributed by atoms with van der Waals surface area (Å²) in [5.74, 6) is 0. The lowest BCUT2D eigenvalue weighted by Gasteiger charge is -2.33. The van der Waals surface area contributed by atoms with Crippen molar-refractivity contribution in [3.8, 4) is 0 Å². The second kappa shape index (κ2) is 10.6. The fraction of sp³-hybridized carbons (Fsp3) is 0.647. The molecule has 1 atom stereocenters. The predicted molar refractivity (Wildman–Crippen MR) is 106 cm³/mol. The van der Waals surface area contributed by atoms with E-state index in [1.807, 2.05) is 24.3 Å². The SMILES string of the molecule is O=NC(CN1CCC(NCCCCI)CC1)c1ccc(Cl)cc1. The summed E-state index contributed by atoms with van der Waals surface area (Å²) < 4.78 is 1.24. The number of halogens is 2. The minimum Gasteiger partial charge on any atom is -0.314 e. The number of nitrogens with one attached hydrogen (secondary N) is 1. The van der Waals surface area contributed by atoms with Crippen molar-refractivity contribution >= 4 is 34.2 Å². The molecule has 0 bridgehead atoms. The van der Waals surface area contributed by atoms with Crippen LogP contribution in [0.3, 0.4) is 0 Å². The Balaban J connectivity index is 1.74. The molecule has 0 spiro atoms. The minimum atomic E-state index is -0.305. The summed E-state index contributed by atoms with van der Waals surface area (Å²) in [5.41, 5.74) is 0.948. The van der Waals surface area contributed by atoms with Crippen molar-refractivity contribution in [3.63, 3.8) is 0 Å². The molecule has 1 fully saturated rings. The summed E-state index contributed by atoms with van der Waals surface area (Å²) in [5, 5.41) is 7.66. The Morgan fingerprint density at radius 3 is 2.57 bits per heavy atom. The highest BCUT2D eigenvalue weighted by atomic mass is 127. The van der Waals surface area contributed by atoms with Gasteiger partial charge in [-0.2, -0.15) is 4.91 Å². The van der Waals surface area contributed by atoms with Crippen LogP contribution in [0.4, 0.5) is 0 Å². The molecule has 1 heterocycles. The first-order chi connectivity index (χ1) is 11.2. The van der Waals surface area contributed by atoms with Gasteiger partial charge in [-0.15, -0.1) is 0 Å². The highest BCUT2D eigenvalue weighted by molar-refractivity contribution is 14.1. The van der Waals surface area contributed by atoms with Crippen LogP contribution in [0.5, 0.6) is 0 Å². The quantitative estimate of drug-likeness (QED) is 0.263. The fourth-order valence-electron chi connectivity index (χ4n) is 2.97. The summed E-state index contributed by atoms with van der Waals surface area (Å²) in [7, 11) is 0. The molecule has 4 nitrogen and oxygen atoms in total. The molecule has 1 aromatic rings. The molecule has 0 aromatic heterocycles. The maximum Gasteiger partial charge on any atom is 0.129 e. The maximum absolute atomic E-state index is 11.2. The average molecular weight is 450 g/mol. The third kappa shape index (κ3) is 6.64. The van der Waals surface area contributed by atoms with E-state index in [1.54, 1.807) is 0 Å². The number of hydrogen-bond acceptors (Lipinski definition) is 4. The van der Waals surface area contributed by atoms with Gasteiger partial charge in [0.25, 0.3) is 0 Å². The van der Waals surface area contributed by atoms with E-state index in [4.69, 9.17) is 11.6 Å². The zero-order valence-corrected chi connectivity index (χ0v) is 16.3. The van der Waals surface area contributed by atoms with E-state index in [-0.39, 0.29) is 6.04 Å². The lowest BCUT2D eigenvalue weighted by atomic mass is 10.0. The monoisotopic (exact) mass is 449 g/mol. The molecule has 1 unspecified atom stereocenters. The maximum atomic E-state index is 11.2. The highest BCUT2D eigenvalue weighted by Crippen LogP contribution is 2.22. The molecule has 1 aromatic carbocycles. The van der Waals surface area contributed by atoms with Gasteiger partial charge in [-0.1, -0.05) is 51.5 Å². The summed E-state index contributed by atoms with van der Waals surface area (Å²) in [6.07, 6.45) is 4.85. The van der Waals surface area contributed by atoms with Gasteiger partial charge in [0, 0.05) is 17.6 Å². The second-order valence-corrected chi connectivity index (χ2v) is 7.61. The molecular formula is C17H25ClIN3O. The number of alkyl halides is 1. The van der Waals surface area contributed by atoms with E-state index >= 15 is 0 Å². The molecule has 23 heavy (non-hydrogen) atoms. The molecule has 128 valence electrons. The van der Waals surface area contributed by atoms with Crippen molar-refractivity contribution in [2.45, 2.75) is 37.8 Å². The van der Waals surface area contributed by atoms with Crippen LogP contribution in [0.25, 0.3) is 0 Å². The van der Waals surface area contributed by atoms with E-state index in [1.165, 1.54) is 17.3 Å². The Kier molecular flexibility index (Phi) is 8.79. The smallest absolute Gasteiger partial charge is 0.129 e. The van der Waals surface area contributed by atoms with Crippen molar-refractivity contribution in [2.24, 2.45) is 5.18 Å². The Morgan fingerprint density at radius 2 is 1.96 bits per heavy atom. The number of hydrogen-bond donors (Lipinski definition) is 1. The number of likely N-dealkylation sites (tertiary alicyclic amines) is 1. The zero-order chi connectivity index (χ0) is 16.5. The van der Waals surface area contributed by atoms with Crippen molar-refractivity contribution in [1.29, 1.82) is 0 Å². The summed E-state index contributed by atoms with van der Waals surface area (Å²) in [4.78, 5) is 13.6. The molecule has 1 N–H and O–H groups in total. The molecule has 0 amide bonds. The second-order valence-electron chi connectivity index (χ2n) is 6.10. The molecule has 1 aliphatic heterocycles. The van der Waals surface area contributed by atoms with Gasteiger partial charge in [-0.3, -0.25) is 0 Å². The van der Waals surface area contributed by atoms with Gasteiger partial charge in [0.2, 0.25) is 0 Å². The van der Waals surface area contributed by atoms with Crippen molar-refractivity contribution in [2.75, 3.05) is 30.6 Å². The van der Waals surface area contributed by atoms with E-state index in [0.717, 1.165) is 38.0 Å². The topological polar surface area (TPSA) is 44.7 Å². The van der Waals surface area contributed by atoms with Crippen molar-refractivity contribution in [1.82, 2.24) is 10.2 Å². The Hall–Kier alpha value is -0.240. The Labute approximate surface area is 157 Å². The van der Waals surface area contributed by atoms with Crippen LogP contribution >= 0.6 is 34.2 Å². The summed E-state index contributed by atoms with van der Waals surface area (Å²) in [6.45, 7) is 3.89. The van der Waals surface area contributed by atoms with E-state index in [2.05, 4.69) is 38.0 Å². The van der Waals surface area contributed by atoms with Gasteiger partial charge in [0.05, 0.1) is 0 Å². The number of nitroso groups, excluding NO2 is 1. The predicted octanol–water partition coefficient (Wildman–Crippen LogP) is 4.42. The van der Waals surface area contributed by atoms with E-state index in [0.29, 0.717) is 17.6 Å². The van der Waals surface area contributed by atoms with Crippen LogP contribution in [0, 0.1) is 4.91 Å². The number of benzene rings is 1.